The first-order chi connectivity index (χ1) is 16.2. The molecule has 0 aromatic heterocycles. The maximum absolute atomic E-state index is 12.5. The average molecular weight is 479 g/mol. The monoisotopic (exact) mass is 478 g/mol. The van der Waals surface area contributed by atoms with E-state index in [1.54, 1.807) is 19.1 Å². The van der Waals surface area contributed by atoms with Crippen molar-refractivity contribution in [2.75, 3.05) is 26.2 Å². The van der Waals surface area contributed by atoms with E-state index in [1.807, 2.05) is 0 Å². The van der Waals surface area contributed by atoms with Crippen molar-refractivity contribution in [3.05, 3.63) is 29.8 Å². The van der Waals surface area contributed by atoms with Crippen LogP contribution in [-0.4, -0.2) is 73.0 Å². The number of rotatable bonds is 14. The molecule has 0 saturated carbocycles. The van der Waals surface area contributed by atoms with E-state index in [0.29, 0.717) is 13.0 Å². The zero-order chi connectivity index (χ0) is 25.5. The summed E-state index contributed by atoms with van der Waals surface area (Å²) in [7, 11) is 0. The number of benzene rings is 1. The summed E-state index contributed by atoms with van der Waals surface area (Å²) in [6.07, 6.45) is 0.809. The fraction of sp³-hybridized carbons (Fsp3) is 0.476. The predicted octanol–water partition coefficient (Wildman–Crippen LogP) is -2.83. The van der Waals surface area contributed by atoms with Gasteiger partial charge in [0.1, 0.15) is 17.8 Å². The van der Waals surface area contributed by atoms with Gasteiger partial charge in [0, 0.05) is 19.5 Å². The third-order valence-electron chi connectivity index (χ3n) is 4.58. The van der Waals surface area contributed by atoms with Crippen LogP contribution in [-0.2, 0) is 25.6 Å². The van der Waals surface area contributed by atoms with E-state index in [1.165, 1.54) is 12.1 Å². The number of hydrogen-bond donors (Lipinski definition) is 8. The molecule has 1 aromatic rings. The quantitative estimate of drug-likeness (QED) is 0.0787. The maximum atomic E-state index is 12.5. The molecule has 188 valence electrons. The largest absolute Gasteiger partial charge is 0.508 e. The molecule has 11 N–H and O–H groups in total. The van der Waals surface area contributed by atoms with Gasteiger partial charge in [-0.05, 0) is 37.5 Å². The van der Waals surface area contributed by atoms with Crippen LogP contribution in [0.2, 0.25) is 0 Å². The summed E-state index contributed by atoms with van der Waals surface area (Å²) >= 11 is 0. The standard InChI is InChI=1S/C21H34N8O5/c1-2-25-20(34)16(10-13-5-7-14(30)8-6-13)29-18(32)12-27-19(33)15(28-17(31)11-22)4-3-9-26-21(23)24/h5-8,15-16,30H,2-4,9-12,22H2,1H3,(H,25,34)(H,27,33)(H,28,31)(H,29,32)(H4,23,24,26). The molecule has 0 saturated heterocycles. The number of guanidine groups is 1. The van der Waals surface area contributed by atoms with Gasteiger partial charge >= 0.3 is 0 Å². The lowest BCUT2D eigenvalue weighted by atomic mass is 10.0. The van der Waals surface area contributed by atoms with Crippen LogP contribution in [0.5, 0.6) is 5.75 Å². The molecule has 4 amide bonds. The highest BCUT2D eigenvalue weighted by atomic mass is 16.3. The molecule has 1 aromatic carbocycles. The van der Waals surface area contributed by atoms with Gasteiger partial charge in [-0.1, -0.05) is 12.1 Å². The first-order valence-electron chi connectivity index (χ1n) is 10.8. The number of phenols is 1. The van der Waals surface area contributed by atoms with Gasteiger partial charge in [-0.3, -0.25) is 24.2 Å². The van der Waals surface area contributed by atoms with Crippen LogP contribution in [0.25, 0.3) is 0 Å². The predicted molar refractivity (Wildman–Crippen MR) is 126 cm³/mol. The number of nitrogens with two attached hydrogens (primary N) is 3. The van der Waals surface area contributed by atoms with Crippen LogP contribution in [0.1, 0.15) is 25.3 Å². The van der Waals surface area contributed by atoms with Crippen molar-refractivity contribution in [2.45, 2.75) is 38.3 Å². The minimum atomic E-state index is -0.936. The van der Waals surface area contributed by atoms with Crippen LogP contribution in [0.4, 0.5) is 0 Å². The van der Waals surface area contributed by atoms with Gasteiger partial charge in [-0.15, -0.1) is 0 Å². The van der Waals surface area contributed by atoms with E-state index < -0.39 is 36.3 Å². The second-order valence-electron chi connectivity index (χ2n) is 7.38. The Labute approximate surface area is 197 Å². The van der Waals surface area contributed by atoms with Gasteiger partial charge in [-0.2, -0.15) is 0 Å². The summed E-state index contributed by atoms with van der Waals surface area (Å²) in [4.78, 5) is 52.9. The molecule has 0 aliphatic heterocycles. The van der Waals surface area contributed by atoms with Crippen LogP contribution in [0.15, 0.2) is 29.3 Å². The molecule has 2 atom stereocenters. The minimum absolute atomic E-state index is 0.0830. The first-order valence-corrected chi connectivity index (χ1v) is 10.8. The SMILES string of the molecule is CCNC(=O)C(Cc1ccc(O)cc1)NC(=O)CNC(=O)C(CCCN=C(N)N)NC(=O)CN. The van der Waals surface area contributed by atoms with Crippen molar-refractivity contribution in [1.82, 2.24) is 21.3 Å². The highest BCUT2D eigenvalue weighted by molar-refractivity contribution is 5.92. The van der Waals surface area contributed by atoms with E-state index in [4.69, 9.17) is 17.2 Å². The Bertz CT molecular complexity index is 855. The molecule has 2 unspecified atom stereocenters. The smallest absolute Gasteiger partial charge is 0.243 e. The third-order valence-corrected chi connectivity index (χ3v) is 4.58. The molecule has 0 radical (unpaired) electrons. The summed E-state index contributed by atoms with van der Waals surface area (Å²) in [5.41, 5.74) is 16.6. The summed E-state index contributed by atoms with van der Waals surface area (Å²) in [5, 5.41) is 19.6. The van der Waals surface area contributed by atoms with E-state index in [2.05, 4.69) is 26.3 Å². The first kappa shape index (κ1) is 28.2. The Kier molecular flexibility index (Phi) is 12.5. The number of hydrogen-bond acceptors (Lipinski definition) is 7. The second-order valence-corrected chi connectivity index (χ2v) is 7.38. The molecule has 0 heterocycles. The average Bonchev–Trinajstić information content (AvgIpc) is 2.80. The number of aliphatic imine (C=N–C) groups is 1. The van der Waals surface area contributed by atoms with E-state index >= 15 is 0 Å². The van der Waals surface area contributed by atoms with E-state index in [0.717, 1.165) is 5.56 Å². The highest BCUT2D eigenvalue weighted by Gasteiger charge is 2.23. The van der Waals surface area contributed by atoms with Gasteiger partial charge in [0.2, 0.25) is 23.6 Å². The minimum Gasteiger partial charge on any atom is -0.508 e. The van der Waals surface area contributed by atoms with Crippen molar-refractivity contribution in [3.8, 4) is 5.75 Å². The molecule has 34 heavy (non-hydrogen) atoms. The number of amides is 4. The summed E-state index contributed by atoms with van der Waals surface area (Å²) in [6, 6.07) is 4.42. The number of likely N-dealkylation sites (N-methyl/N-ethyl adjacent to an activating group) is 1. The Morgan fingerprint density at radius 2 is 1.59 bits per heavy atom. The Morgan fingerprint density at radius 3 is 2.18 bits per heavy atom. The number of nitrogens with one attached hydrogen (secondary N) is 4. The number of carbonyl (C=O) groups excluding carboxylic acids is 4. The number of nitrogens with zero attached hydrogens (tertiary/aromatic N) is 1. The maximum Gasteiger partial charge on any atom is 0.243 e. The number of phenolic OH excluding ortho intramolecular Hbond substituents is 1. The molecule has 0 spiro atoms. The molecule has 0 aliphatic rings. The zero-order valence-corrected chi connectivity index (χ0v) is 19.2. The fourth-order valence-corrected chi connectivity index (χ4v) is 2.94. The normalized spacial score (nSPS) is 12.1. The molecule has 13 nitrogen and oxygen atoms in total. The number of carbonyl (C=O) groups is 4. The number of aromatic hydroxyl groups is 1. The molecule has 0 fully saturated rings. The van der Waals surface area contributed by atoms with E-state index in [9.17, 15) is 24.3 Å². The highest BCUT2D eigenvalue weighted by Crippen LogP contribution is 2.11. The van der Waals surface area contributed by atoms with Crippen molar-refractivity contribution in [2.24, 2.45) is 22.2 Å². The molecule has 13 heteroatoms. The molecular weight excluding hydrogens is 444 g/mol. The Hall–Kier alpha value is -3.87. The Morgan fingerprint density at radius 1 is 0.971 bits per heavy atom. The van der Waals surface area contributed by atoms with E-state index in [-0.39, 0.29) is 43.5 Å². The molecule has 1 rings (SSSR count). The van der Waals surface area contributed by atoms with Crippen molar-refractivity contribution < 1.29 is 24.3 Å². The zero-order valence-electron chi connectivity index (χ0n) is 19.2. The van der Waals surface area contributed by atoms with Crippen LogP contribution >= 0.6 is 0 Å². The van der Waals surface area contributed by atoms with Crippen LogP contribution < -0.4 is 38.5 Å². The fourth-order valence-electron chi connectivity index (χ4n) is 2.94. The summed E-state index contributed by atoms with van der Waals surface area (Å²) in [6.45, 7) is 1.67. The van der Waals surface area contributed by atoms with Gasteiger partial charge < -0.3 is 43.6 Å². The van der Waals surface area contributed by atoms with Gasteiger partial charge in [0.25, 0.3) is 0 Å². The van der Waals surface area contributed by atoms with Crippen molar-refractivity contribution in [1.29, 1.82) is 0 Å². The lowest BCUT2D eigenvalue weighted by Crippen LogP contribution is -2.53. The summed E-state index contributed by atoms with van der Waals surface area (Å²) in [5.74, 6) is -2.10. The molecule has 0 bridgehead atoms. The van der Waals surface area contributed by atoms with Crippen LogP contribution in [0.3, 0.4) is 0 Å². The van der Waals surface area contributed by atoms with Gasteiger partial charge in [-0.25, -0.2) is 0 Å². The topological polar surface area (TPSA) is 227 Å². The van der Waals surface area contributed by atoms with Gasteiger partial charge in [0.15, 0.2) is 5.96 Å². The Balaban J connectivity index is 2.71. The lowest BCUT2D eigenvalue weighted by Gasteiger charge is -2.20. The molecular formula is C21H34N8O5. The van der Waals surface area contributed by atoms with Gasteiger partial charge in [0.05, 0.1) is 13.1 Å². The van der Waals surface area contributed by atoms with Crippen molar-refractivity contribution in [3.63, 3.8) is 0 Å². The van der Waals surface area contributed by atoms with Crippen LogP contribution in [0, 0.1) is 0 Å². The second kappa shape index (κ2) is 15.1. The lowest BCUT2D eigenvalue weighted by molar-refractivity contribution is -0.131. The summed E-state index contributed by atoms with van der Waals surface area (Å²) < 4.78 is 0. The third kappa shape index (κ3) is 11.1. The van der Waals surface area contributed by atoms with Crippen molar-refractivity contribution >= 4 is 29.6 Å². The molecule has 0 aliphatic carbocycles.